The summed E-state index contributed by atoms with van der Waals surface area (Å²) in [5, 5.41) is 13.2. The van der Waals surface area contributed by atoms with Gasteiger partial charge in [0.05, 0.1) is 52.0 Å². The lowest BCUT2D eigenvalue weighted by atomic mass is 9.69. The number of halogens is 6. The van der Waals surface area contributed by atoms with E-state index in [2.05, 4.69) is 10.1 Å². The highest BCUT2D eigenvalue weighted by Gasteiger charge is 2.46. The van der Waals surface area contributed by atoms with Crippen LogP contribution in [0.1, 0.15) is 84.3 Å². The Balaban J connectivity index is 1.69. The fourth-order valence-corrected chi connectivity index (χ4v) is 6.07. The van der Waals surface area contributed by atoms with Crippen LogP contribution in [-0.2, 0) is 11.0 Å². The number of amides is 1. The number of ketones is 1. The SMILES string of the molecule is C[C@]1(C(=O)O)CC[C@H](n2ncc(C(=O)N(CC(=O)c3c(Cl)cncc3Cl)CC3(CF)CCC3)c2C(F)(F)F)CC1. The zero-order valence-corrected chi connectivity index (χ0v) is 23.1. The van der Waals surface area contributed by atoms with Gasteiger partial charge in [0.2, 0.25) is 0 Å². The van der Waals surface area contributed by atoms with E-state index in [0.29, 0.717) is 19.3 Å². The Morgan fingerprint density at radius 2 is 1.70 bits per heavy atom. The first-order valence-corrected chi connectivity index (χ1v) is 13.5. The Bertz CT molecular complexity index is 1280. The van der Waals surface area contributed by atoms with Crippen molar-refractivity contribution in [2.24, 2.45) is 10.8 Å². The molecule has 0 aromatic carbocycles. The first kappa shape index (κ1) is 30.2. The predicted octanol–water partition coefficient (Wildman–Crippen LogP) is 6.27. The number of nitrogens with zero attached hydrogens (tertiary/aromatic N) is 4. The molecule has 4 rings (SSSR count). The summed E-state index contributed by atoms with van der Waals surface area (Å²) < 4.78 is 58.0. The second-order valence-corrected chi connectivity index (χ2v) is 11.8. The molecule has 1 N–H and O–H groups in total. The number of hydrogen-bond donors (Lipinski definition) is 1. The van der Waals surface area contributed by atoms with Crippen molar-refractivity contribution in [2.45, 2.75) is 64.1 Å². The van der Waals surface area contributed by atoms with Crippen LogP contribution in [0.5, 0.6) is 0 Å². The van der Waals surface area contributed by atoms with E-state index in [-0.39, 0.29) is 47.8 Å². The first-order valence-electron chi connectivity index (χ1n) is 12.8. The number of hydrogen-bond acceptors (Lipinski definition) is 5. The Labute approximate surface area is 237 Å². The van der Waals surface area contributed by atoms with E-state index < -0.39 is 65.2 Å². The molecule has 0 radical (unpaired) electrons. The van der Waals surface area contributed by atoms with Crippen LogP contribution in [0.15, 0.2) is 18.6 Å². The van der Waals surface area contributed by atoms with Gasteiger partial charge < -0.3 is 10.0 Å². The van der Waals surface area contributed by atoms with E-state index >= 15 is 0 Å². The minimum atomic E-state index is -4.99. The molecule has 2 fully saturated rings. The van der Waals surface area contributed by atoms with Crippen LogP contribution in [0.25, 0.3) is 0 Å². The van der Waals surface area contributed by atoms with Crippen LogP contribution in [0, 0.1) is 10.8 Å². The number of pyridine rings is 1. The summed E-state index contributed by atoms with van der Waals surface area (Å²) in [6, 6.07) is -0.779. The fraction of sp³-hybridized carbons (Fsp3) is 0.577. The average molecular weight is 607 g/mol. The van der Waals surface area contributed by atoms with Gasteiger partial charge in [-0.2, -0.15) is 18.3 Å². The third-order valence-electron chi connectivity index (χ3n) is 8.19. The van der Waals surface area contributed by atoms with Crippen molar-refractivity contribution in [1.29, 1.82) is 0 Å². The Kier molecular flexibility index (Phi) is 8.52. The molecule has 2 aromatic heterocycles. The minimum Gasteiger partial charge on any atom is -0.481 e. The van der Waals surface area contributed by atoms with Crippen LogP contribution in [0.3, 0.4) is 0 Å². The zero-order chi connectivity index (χ0) is 29.5. The standard InChI is InChI=1S/C26H28Cl2F4N4O4/c1-24(23(39)40)7-3-15(4-8-24)36-21(26(30,31)32)16(9-34-36)22(38)35(14-25(13-29)5-2-6-25)12-19(37)20-17(27)10-33-11-18(20)28/h9-11,15H,2-8,12-14H2,1H3,(H,39,40)/t15-,24-. The molecular weight excluding hydrogens is 579 g/mol. The second kappa shape index (κ2) is 11.3. The maximum atomic E-state index is 14.4. The summed E-state index contributed by atoms with van der Waals surface area (Å²) in [6.45, 7) is -0.229. The van der Waals surface area contributed by atoms with Crippen molar-refractivity contribution < 1.29 is 37.1 Å². The number of rotatable bonds is 9. The predicted molar refractivity (Wildman–Crippen MR) is 137 cm³/mol. The number of carbonyl (C=O) groups is 3. The smallest absolute Gasteiger partial charge is 0.433 e. The molecule has 0 spiro atoms. The van der Waals surface area contributed by atoms with Gasteiger partial charge in [-0.1, -0.05) is 29.6 Å². The Morgan fingerprint density at radius 1 is 1.10 bits per heavy atom. The van der Waals surface area contributed by atoms with E-state index in [9.17, 15) is 37.1 Å². The number of aromatic nitrogens is 3. The number of alkyl halides is 4. The van der Waals surface area contributed by atoms with E-state index in [1.165, 1.54) is 12.4 Å². The molecule has 0 bridgehead atoms. The average Bonchev–Trinajstić information content (AvgIpc) is 3.31. The van der Waals surface area contributed by atoms with Gasteiger partial charge in [0.15, 0.2) is 11.5 Å². The topological polar surface area (TPSA) is 105 Å². The zero-order valence-electron chi connectivity index (χ0n) is 21.6. The van der Waals surface area contributed by atoms with Gasteiger partial charge in [-0.05, 0) is 45.4 Å². The Morgan fingerprint density at radius 3 is 2.17 bits per heavy atom. The lowest BCUT2D eigenvalue weighted by Crippen LogP contribution is -2.48. The van der Waals surface area contributed by atoms with Crippen LogP contribution < -0.4 is 0 Å². The number of aliphatic carboxylic acids is 1. The summed E-state index contributed by atoms with van der Waals surface area (Å²) >= 11 is 12.2. The monoisotopic (exact) mass is 606 g/mol. The summed E-state index contributed by atoms with van der Waals surface area (Å²) in [6.07, 6.45) is 0.189. The van der Waals surface area contributed by atoms with Crippen molar-refractivity contribution in [1.82, 2.24) is 19.7 Å². The highest BCUT2D eigenvalue weighted by atomic mass is 35.5. The number of Topliss-reactive ketones (excluding diaryl/α,β-unsaturated/α-hetero) is 1. The summed E-state index contributed by atoms with van der Waals surface area (Å²) in [4.78, 5) is 43.2. The van der Waals surface area contributed by atoms with Gasteiger partial charge in [-0.25, -0.2) is 0 Å². The van der Waals surface area contributed by atoms with E-state index in [0.717, 1.165) is 15.8 Å². The van der Waals surface area contributed by atoms with Crippen molar-refractivity contribution in [3.05, 3.63) is 45.5 Å². The highest BCUT2D eigenvalue weighted by Crippen LogP contribution is 2.45. The van der Waals surface area contributed by atoms with Crippen LogP contribution in [0.4, 0.5) is 17.6 Å². The van der Waals surface area contributed by atoms with Gasteiger partial charge >= 0.3 is 12.1 Å². The largest absolute Gasteiger partial charge is 0.481 e. The van der Waals surface area contributed by atoms with Crippen molar-refractivity contribution >= 4 is 40.9 Å². The van der Waals surface area contributed by atoms with Gasteiger partial charge in [0.1, 0.15) is 0 Å². The molecule has 2 aliphatic carbocycles. The molecule has 2 aliphatic rings. The Hall–Kier alpha value is -2.73. The molecule has 0 saturated heterocycles. The molecule has 1 amide bonds. The van der Waals surface area contributed by atoms with Crippen molar-refractivity contribution in [2.75, 3.05) is 19.8 Å². The van der Waals surface area contributed by atoms with Gasteiger partial charge in [0, 0.05) is 24.4 Å². The molecule has 0 aliphatic heterocycles. The molecule has 14 heteroatoms. The molecular formula is C26H28Cl2F4N4O4. The quantitative estimate of drug-likeness (QED) is 0.266. The molecule has 2 saturated carbocycles. The molecule has 0 unspecified atom stereocenters. The third-order valence-corrected chi connectivity index (χ3v) is 8.77. The molecule has 8 nitrogen and oxygen atoms in total. The fourth-order valence-electron chi connectivity index (χ4n) is 5.49. The van der Waals surface area contributed by atoms with Gasteiger partial charge in [-0.3, -0.25) is 28.4 Å². The lowest BCUT2D eigenvalue weighted by Gasteiger charge is -2.43. The van der Waals surface area contributed by atoms with Crippen LogP contribution >= 0.6 is 23.2 Å². The molecule has 2 heterocycles. The second-order valence-electron chi connectivity index (χ2n) is 11.0. The molecule has 0 atom stereocenters. The summed E-state index contributed by atoms with van der Waals surface area (Å²) in [5.41, 5.74) is -4.24. The van der Waals surface area contributed by atoms with Crippen LogP contribution in [-0.4, -0.2) is 62.2 Å². The highest BCUT2D eigenvalue weighted by molar-refractivity contribution is 6.39. The van der Waals surface area contributed by atoms with E-state index in [1.807, 2.05) is 0 Å². The van der Waals surface area contributed by atoms with Crippen molar-refractivity contribution in [3.8, 4) is 0 Å². The summed E-state index contributed by atoms with van der Waals surface area (Å²) in [5.74, 6) is -2.88. The maximum Gasteiger partial charge on any atom is 0.433 e. The molecule has 2 aromatic rings. The van der Waals surface area contributed by atoms with Gasteiger partial charge in [-0.15, -0.1) is 0 Å². The van der Waals surface area contributed by atoms with Crippen LogP contribution in [0.2, 0.25) is 10.0 Å². The first-order chi connectivity index (χ1) is 18.7. The number of carboxylic acid groups (broad SMARTS) is 1. The lowest BCUT2D eigenvalue weighted by molar-refractivity contribution is -0.152. The molecule has 218 valence electrons. The van der Waals surface area contributed by atoms with Crippen molar-refractivity contribution in [3.63, 3.8) is 0 Å². The third kappa shape index (κ3) is 5.83. The summed E-state index contributed by atoms with van der Waals surface area (Å²) in [7, 11) is 0. The number of carboxylic acids is 1. The van der Waals surface area contributed by atoms with E-state index in [1.54, 1.807) is 6.92 Å². The maximum absolute atomic E-state index is 14.4. The normalized spacial score (nSPS) is 22.4. The number of carbonyl (C=O) groups excluding carboxylic acids is 2. The minimum absolute atomic E-state index is 0.0943. The van der Waals surface area contributed by atoms with Gasteiger partial charge in [0.25, 0.3) is 5.91 Å². The molecule has 40 heavy (non-hydrogen) atoms. The van der Waals surface area contributed by atoms with E-state index in [4.69, 9.17) is 23.2 Å².